The number of rotatable bonds is 6. The van der Waals surface area contributed by atoms with Gasteiger partial charge in [0.1, 0.15) is 0 Å². The molecule has 2 nitrogen and oxygen atoms in total. The summed E-state index contributed by atoms with van der Waals surface area (Å²) in [6.07, 6.45) is 6.97. The minimum absolute atomic E-state index is 0.118. The van der Waals surface area contributed by atoms with E-state index in [1.54, 1.807) is 0 Å². The van der Waals surface area contributed by atoms with Gasteiger partial charge in [0, 0.05) is 12.5 Å². The summed E-state index contributed by atoms with van der Waals surface area (Å²) in [5.41, 5.74) is 0. The zero-order valence-electron chi connectivity index (χ0n) is 10.2. The maximum Gasteiger partial charge on any atom is 0.0615 e. The molecule has 3 unspecified atom stereocenters. The third kappa shape index (κ3) is 4.12. The van der Waals surface area contributed by atoms with Crippen molar-refractivity contribution in [2.24, 2.45) is 11.8 Å². The van der Waals surface area contributed by atoms with E-state index in [9.17, 15) is 5.11 Å². The summed E-state index contributed by atoms with van der Waals surface area (Å²) in [6.45, 7) is 5.98. The summed E-state index contributed by atoms with van der Waals surface area (Å²) >= 11 is 0. The highest BCUT2D eigenvalue weighted by Gasteiger charge is 2.30. The van der Waals surface area contributed by atoms with E-state index in [1.165, 1.54) is 32.1 Å². The van der Waals surface area contributed by atoms with Gasteiger partial charge in [-0.3, -0.25) is 0 Å². The quantitative estimate of drug-likeness (QED) is 0.736. The van der Waals surface area contributed by atoms with Gasteiger partial charge in [-0.25, -0.2) is 0 Å². The average Bonchev–Trinajstić information content (AvgIpc) is 2.25. The number of aliphatic hydroxyl groups excluding tert-OH is 1. The van der Waals surface area contributed by atoms with Crippen LogP contribution < -0.4 is 0 Å². The molecule has 2 heteroatoms. The largest absolute Gasteiger partial charge is 0.393 e. The molecular formula is C13H26O2. The molecule has 0 aliphatic carbocycles. The van der Waals surface area contributed by atoms with Crippen LogP contribution in [0.2, 0.25) is 0 Å². The highest BCUT2D eigenvalue weighted by Crippen LogP contribution is 2.30. The SMILES string of the molecule is CCCCC(CCC)C1COCCC1O. The fraction of sp³-hybridized carbons (Fsp3) is 1.00. The Labute approximate surface area is 94.0 Å². The van der Waals surface area contributed by atoms with E-state index < -0.39 is 0 Å². The molecule has 0 amide bonds. The number of ether oxygens (including phenoxy) is 1. The van der Waals surface area contributed by atoms with Crippen molar-refractivity contribution in [2.45, 2.75) is 58.5 Å². The first-order valence-corrected chi connectivity index (χ1v) is 6.55. The second-order valence-electron chi connectivity index (χ2n) is 4.79. The molecule has 0 aromatic carbocycles. The van der Waals surface area contributed by atoms with Gasteiger partial charge < -0.3 is 9.84 Å². The highest BCUT2D eigenvalue weighted by atomic mass is 16.5. The monoisotopic (exact) mass is 214 g/mol. The van der Waals surface area contributed by atoms with E-state index in [2.05, 4.69) is 13.8 Å². The van der Waals surface area contributed by atoms with Crippen LogP contribution in [0.25, 0.3) is 0 Å². The van der Waals surface area contributed by atoms with Crippen LogP contribution in [0, 0.1) is 11.8 Å². The lowest BCUT2D eigenvalue weighted by atomic mass is 9.80. The van der Waals surface area contributed by atoms with Crippen LogP contribution in [0.15, 0.2) is 0 Å². The number of unbranched alkanes of at least 4 members (excludes halogenated alkanes) is 1. The number of hydrogen-bond donors (Lipinski definition) is 1. The van der Waals surface area contributed by atoms with Gasteiger partial charge in [0.05, 0.1) is 12.7 Å². The van der Waals surface area contributed by atoms with Crippen molar-refractivity contribution in [3.63, 3.8) is 0 Å². The Morgan fingerprint density at radius 1 is 1.27 bits per heavy atom. The molecule has 0 bridgehead atoms. The second kappa shape index (κ2) is 7.24. The standard InChI is InChI=1S/C13H26O2/c1-3-5-7-11(6-4-2)12-10-15-9-8-13(12)14/h11-14H,3-10H2,1-2H3. The molecule has 1 aliphatic rings. The van der Waals surface area contributed by atoms with E-state index in [0.29, 0.717) is 11.8 Å². The third-order valence-electron chi connectivity index (χ3n) is 3.56. The minimum atomic E-state index is -0.118. The molecule has 0 radical (unpaired) electrons. The number of aliphatic hydroxyl groups is 1. The molecule has 0 spiro atoms. The first kappa shape index (κ1) is 13.0. The van der Waals surface area contributed by atoms with Crippen molar-refractivity contribution in [2.75, 3.05) is 13.2 Å². The highest BCUT2D eigenvalue weighted by molar-refractivity contribution is 4.79. The van der Waals surface area contributed by atoms with Gasteiger partial charge in [0.25, 0.3) is 0 Å². The molecule has 0 aromatic rings. The lowest BCUT2D eigenvalue weighted by molar-refractivity contribution is -0.0607. The normalized spacial score (nSPS) is 29.0. The Balaban J connectivity index is 2.44. The van der Waals surface area contributed by atoms with Crippen molar-refractivity contribution in [3.05, 3.63) is 0 Å². The van der Waals surface area contributed by atoms with Gasteiger partial charge in [0.15, 0.2) is 0 Å². The van der Waals surface area contributed by atoms with Gasteiger partial charge in [-0.1, -0.05) is 46.0 Å². The van der Waals surface area contributed by atoms with Crippen LogP contribution in [-0.4, -0.2) is 24.4 Å². The maximum atomic E-state index is 9.99. The van der Waals surface area contributed by atoms with Gasteiger partial charge in [-0.05, 0) is 12.3 Å². The fourth-order valence-electron chi connectivity index (χ4n) is 2.61. The Kier molecular flexibility index (Phi) is 6.26. The topological polar surface area (TPSA) is 29.5 Å². The van der Waals surface area contributed by atoms with Gasteiger partial charge in [0.2, 0.25) is 0 Å². The predicted molar refractivity (Wildman–Crippen MR) is 62.9 cm³/mol. The zero-order chi connectivity index (χ0) is 11.1. The Morgan fingerprint density at radius 2 is 2.07 bits per heavy atom. The average molecular weight is 214 g/mol. The summed E-state index contributed by atoms with van der Waals surface area (Å²) in [6, 6.07) is 0. The molecule has 1 rings (SSSR count). The van der Waals surface area contributed by atoms with E-state index in [4.69, 9.17) is 4.74 Å². The van der Waals surface area contributed by atoms with E-state index in [-0.39, 0.29) is 6.10 Å². The molecule has 1 aliphatic heterocycles. The van der Waals surface area contributed by atoms with E-state index in [0.717, 1.165) is 19.6 Å². The lowest BCUT2D eigenvalue weighted by Crippen LogP contribution is -2.37. The first-order valence-electron chi connectivity index (χ1n) is 6.55. The molecule has 15 heavy (non-hydrogen) atoms. The van der Waals surface area contributed by atoms with Crippen LogP contribution in [0.5, 0.6) is 0 Å². The molecule has 1 saturated heterocycles. The Hall–Kier alpha value is -0.0800. The van der Waals surface area contributed by atoms with Crippen LogP contribution in [0.4, 0.5) is 0 Å². The van der Waals surface area contributed by atoms with Crippen LogP contribution in [0.3, 0.4) is 0 Å². The molecule has 90 valence electrons. The lowest BCUT2D eigenvalue weighted by Gasteiger charge is -2.34. The molecule has 0 aromatic heterocycles. The Bertz CT molecular complexity index is 159. The minimum Gasteiger partial charge on any atom is -0.393 e. The van der Waals surface area contributed by atoms with Crippen LogP contribution in [0.1, 0.15) is 52.4 Å². The predicted octanol–water partition coefficient (Wildman–Crippen LogP) is 2.99. The maximum absolute atomic E-state index is 9.99. The second-order valence-corrected chi connectivity index (χ2v) is 4.79. The molecule has 0 saturated carbocycles. The summed E-state index contributed by atoms with van der Waals surface area (Å²) in [7, 11) is 0. The van der Waals surface area contributed by atoms with Crippen molar-refractivity contribution in [1.29, 1.82) is 0 Å². The van der Waals surface area contributed by atoms with Gasteiger partial charge in [-0.15, -0.1) is 0 Å². The first-order chi connectivity index (χ1) is 7.29. The smallest absolute Gasteiger partial charge is 0.0615 e. The van der Waals surface area contributed by atoms with E-state index in [1.807, 2.05) is 0 Å². The van der Waals surface area contributed by atoms with Crippen molar-refractivity contribution in [1.82, 2.24) is 0 Å². The van der Waals surface area contributed by atoms with Crippen LogP contribution >= 0.6 is 0 Å². The third-order valence-corrected chi connectivity index (χ3v) is 3.56. The molecule has 3 atom stereocenters. The summed E-state index contributed by atoms with van der Waals surface area (Å²) in [5.74, 6) is 1.07. The molecular weight excluding hydrogens is 188 g/mol. The van der Waals surface area contributed by atoms with Gasteiger partial charge >= 0.3 is 0 Å². The fourth-order valence-corrected chi connectivity index (χ4v) is 2.61. The number of hydrogen-bond acceptors (Lipinski definition) is 2. The van der Waals surface area contributed by atoms with Crippen LogP contribution in [-0.2, 0) is 4.74 Å². The molecule has 1 heterocycles. The Morgan fingerprint density at radius 3 is 2.67 bits per heavy atom. The van der Waals surface area contributed by atoms with Gasteiger partial charge in [-0.2, -0.15) is 0 Å². The van der Waals surface area contributed by atoms with E-state index >= 15 is 0 Å². The summed E-state index contributed by atoms with van der Waals surface area (Å²) < 4.78 is 5.50. The molecule has 1 fully saturated rings. The van der Waals surface area contributed by atoms with Crippen molar-refractivity contribution >= 4 is 0 Å². The summed E-state index contributed by atoms with van der Waals surface area (Å²) in [5, 5.41) is 9.99. The van der Waals surface area contributed by atoms with Crippen molar-refractivity contribution < 1.29 is 9.84 Å². The summed E-state index contributed by atoms with van der Waals surface area (Å²) in [4.78, 5) is 0. The zero-order valence-corrected chi connectivity index (χ0v) is 10.2. The van der Waals surface area contributed by atoms with Crippen molar-refractivity contribution in [3.8, 4) is 0 Å². The molecule has 1 N–H and O–H groups in total.